The van der Waals surface area contributed by atoms with Gasteiger partial charge in [0, 0.05) is 20.6 Å². The summed E-state index contributed by atoms with van der Waals surface area (Å²) in [5.41, 5.74) is 6.82. The largest absolute Gasteiger partial charge is 0.383 e. The summed E-state index contributed by atoms with van der Waals surface area (Å²) in [6.45, 7) is 0.310. The molecule has 1 aromatic carbocycles. The number of nitrogens with two attached hydrogens (primary N) is 1. The number of aromatic nitrogens is 2. The second-order valence-electron chi connectivity index (χ2n) is 4.36. The standard InChI is InChI=1S/C13H15FN4O/c1-17(8-9-4-3-5-10(14)6-9)13(19)11-7-16-18(2)12(11)15/h3-7H,8,15H2,1-2H3. The van der Waals surface area contributed by atoms with E-state index in [1.54, 1.807) is 26.2 Å². The summed E-state index contributed by atoms with van der Waals surface area (Å²) in [6.07, 6.45) is 1.43. The molecule has 100 valence electrons. The maximum Gasteiger partial charge on any atom is 0.259 e. The minimum absolute atomic E-state index is 0.241. The lowest BCUT2D eigenvalue weighted by Gasteiger charge is -2.16. The number of hydrogen-bond donors (Lipinski definition) is 1. The molecule has 2 rings (SSSR count). The van der Waals surface area contributed by atoms with Gasteiger partial charge in [0.2, 0.25) is 0 Å². The number of carbonyl (C=O) groups is 1. The summed E-state index contributed by atoms with van der Waals surface area (Å²) in [5, 5.41) is 3.92. The first-order valence-electron chi connectivity index (χ1n) is 5.76. The maximum atomic E-state index is 13.1. The third-order valence-electron chi connectivity index (χ3n) is 2.87. The van der Waals surface area contributed by atoms with Gasteiger partial charge in [-0.05, 0) is 17.7 Å². The SMILES string of the molecule is CN(Cc1cccc(F)c1)C(=O)c1cnn(C)c1N. The Hall–Kier alpha value is -2.37. The molecule has 2 aromatic rings. The van der Waals surface area contributed by atoms with Crippen LogP contribution >= 0.6 is 0 Å². The third kappa shape index (κ3) is 2.73. The molecule has 0 bridgehead atoms. The van der Waals surface area contributed by atoms with Crippen molar-refractivity contribution in [3.05, 3.63) is 47.4 Å². The van der Waals surface area contributed by atoms with Gasteiger partial charge in [0.15, 0.2) is 0 Å². The van der Waals surface area contributed by atoms with Crippen molar-refractivity contribution >= 4 is 11.7 Å². The second-order valence-corrected chi connectivity index (χ2v) is 4.36. The molecule has 5 nitrogen and oxygen atoms in total. The van der Waals surface area contributed by atoms with Crippen LogP contribution in [0.4, 0.5) is 10.2 Å². The third-order valence-corrected chi connectivity index (χ3v) is 2.87. The zero-order valence-electron chi connectivity index (χ0n) is 10.8. The number of carbonyl (C=O) groups excluding carboxylic acids is 1. The predicted molar refractivity (Wildman–Crippen MR) is 69.8 cm³/mol. The average molecular weight is 262 g/mol. The molecule has 0 atom stereocenters. The lowest BCUT2D eigenvalue weighted by molar-refractivity contribution is 0.0786. The maximum absolute atomic E-state index is 13.1. The van der Waals surface area contributed by atoms with Crippen molar-refractivity contribution in [1.82, 2.24) is 14.7 Å². The molecular formula is C13H15FN4O. The molecule has 1 aromatic heterocycles. The van der Waals surface area contributed by atoms with Gasteiger partial charge in [-0.3, -0.25) is 9.48 Å². The van der Waals surface area contributed by atoms with Gasteiger partial charge < -0.3 is 10.6 Å². The van der Waals surface area contributed by atoms with Crippen LogP contribution in [0, 0.1) is 5.82 Å². The van der Waals surface area contributed by atoms with Crippen LogP contribution in [0.3, 0.4) is 0 Å². The summed E-state index contributed by atoms with van der Waals surface area (Å²) in [7, 11) is 3.30. The van der Waals surface area contributed by atoms with Crippen LogP contribution < -0.4 is 5.73 Å². The van der Waals surface area contributed by atoms with Crippen LogP contribution in [0.15, 0.2) is 30.5 Å². The Morgan fingerprint density at radius 2 is 2.26 bits per heavy atom. The van der Waals surface area contributed by atoms with Gasteiger partial charge in [0.25, 0.3) is 5.91 Å². The molecule has 6 heteroatoms. The first kappa shape index (κ1) is 13.1. The van der Waals surface area contributed by atoms with Crippen LogP contribution in [0.5, 0.6) is 0 Å². The molecule has 0 spiro atoms. The molecule has 0 saturated carbocycles. The van der Waals surface area contributed by atoms with Crippen LogP contribution in [0.2, 0.25) is 0 Å². The molecule has 0 unspecified atom stereocenters. The van der Waals surface area contributed by atoms with Crippen LogP contribution in [-0.2, 0) is 13.6 Å². The highest BCUT2D eigenvalue weighted by atomic mass is 19.1. The van der Waals surface area contributed by atoms with Gasteiger partial charge in [0.1, 0.15) is 17.2 Å². The van der Waals surface area contributed by atoms with E-state index < -0.39 is 0 Å². The van der Waals surface area contributed by atoms with Crippen molar-refractivity contribution in [3.8, 4) is 0 Å². The molecule has 0 fully saturated rings. The van der Waals surface area contributed by atoms with Crippen molar-refractivity contribution < 1.29 is 9.18 Å². The molecule has 0 aliphatic heterocycles. The fourth-order valence-corrected chi connectivity index (χ4v) is 1.80. The fourth-order valence-electron chi connectivity index (χ4n) is 1.80. The molecule has 0 saturated heterocycles. The van der Waals surface area contributed by atoms with E-state index in [2.05, 4.69) is 5.10 Å². The van der Waals surface area contributed by atoms with E-state index in [0.29, 0.717) is 17.9 Å². The first-order valence-corrected chi connectivity index (χ1v) is 5.76. The Bertz CT molecular complexity index is 608. The van der Waals surface area contributed by atoms with E-state index in [-0.39, 0.29) is 11.7 Å². The van der Waals surface area contributed by atoms with E-state index in [9.17, 15) is 9.18 Å². The Morgan fingerprint density at radius 3 is 2.84 bits per heavy atom. The van der Waals surface area contributed by atoms with Crippen molar-refractivity contribution in [2.45, 2.75) is 6.54 Å². The monoisotopic (exact) mass is 262 g/mol. The quantitative estimate of drug-likeness (QED) is 0.909. The number of benzene rings is 1. The van der Waals surface area contributed by atoms with Crippen LogP contribution in [-0.4, -0.2) is 27.6 Å². The van der Waals surface area contributed by atoms with E-state index in [1.807, 2.05) is 0 Å². The lowest BCUT2D eigenvalue weighted by Crippen LogP contribution is -2.26. The van der Waals surface area contributed by atoms with Crippen molar-refractivity contribution in [2.75, 3.05) is 12.8 Å². The minimum Gasteiger partial charge on any atom is -0.383 e. The minimum atomic E-state index is -0.320. The van der Waals surface area contributed by atoms with Gasteiger partial charge >= 0.3 is 0 Å². The highest BCUT2D eigenvalue weighted by Gasteiger charge is 2.18. The number of rotatable bonds is 3. The number of anilines is 1. The fraction of sp³-hybridized carbons (Fsp3) is 0.231. The summed E-state index contributed by atoms with van der Waals surface area (Å²) in [5.74, 6) is -0.245. The summed E-state index contributed by atoms with van der Waals surface area (Å²) >= 11 is 0. The molecule has 19 heavy (non-hydrogen) atoms. The van der Waals surface area contributed by atoms with Crippen molar-refractivity contribution in [2.24, 2.45) is 7.05 Å². The zero-order chi connectivity index (χ0) is 14.0. The summed E-state index contributed by atoms with van der Waals surface area (Å²) < 4.78 is 14.5. The Labute approximate surface area is 110 Å². The number of nitrogen functional groups attached to an aromatic ring is 1. The Balaban J connectivity index is 2.14. The Kier molecular flexibility index (Phi) is 3.50. The van der Waals surface area contributed by atoms with E-state index >= 15 is 0 Å². The number of amides is 1. The highest BCUT2D eigenvalue weighted by Crippen LogP contribution is 2.14. The first-order chi connectivity index (χ1) is 8.99. The van der Waals surface area contributed by atoms with Crippen LogP contribution in [0.25, 0.3) is 0 Å². The number of aryl methyl sites for hydroxylation is 1. The second kappa shape index (κ2) is 5.09. The predicted octanol–water partition coefficient (Wildman–Crippen LogP) is 1.41. The molecule has 1 heterocycles. The lowest BCUT2D eigenvalue weighted by atomic mass is 10.2. The van der Waals surface area contributed by atoms with Gasteiger partial charge in [-0.25, -0.2) is 4.39 Å². The van der Waals surface area contributed by atoms with Gasteiger partial charge in [-0.15, -0.1) is 0 Å². The smallest absolute Gasteiger partial charge is 0.259 e. The zero-order valence-corrected chi connectivity index (χ0v) is 10.8. The summed E-state index contributed by atoms with van der Waals surface area (Å²) in [6, 6.07) is 6.14. The van der Waals surface area contributed by atoms with E-state index in [1.165, 1.54) is 27.9 Å². The van der Waals surface area contributed by atoms with Gasteiger partial charge in [0.05, 0.1) is 6.20 Å². The van der Waals surface area contributed by atoms with Crippen LogP contribution in [0.1, 0.15) is 15.9 Å². The molecule has 1 amide bonds. The van der Waals surface area contributed by atoms with Crippen molar-refractivity contribution in [3.63, 3.8) is 0 Å². The topological polar surface area (TPSA) is 64.2 Å². The molecule has 2 N–H and O–H groups in total. The molecule has 0 aliphatic carbocycles. The number of nitrogens with zero attached hydrogens (tertiary/aromatic N) is 3. The Morgan fingerprint density at radius 1 is 1.53 bits per heavy atom. The number of halogens is 1. The molecule has 0 aliphatic rings. The normalized spacial score (nSPS) is 10.5. The summed E-state index contributed by atoms with van der Waals surface area (Å²) in [4.78, 5) is 13.6. The van der Waals surface area contributed by atoms with Gasteiger partial charge in [-0.2, -0.15) is 5.10 Å². The molecular weight excluding hydrogens is 247 g/mol. The van der Waals surface area contributed by atoms with E-state index in [0.717, 1.165) is 5.56 Å². The van der Waals surface area contributed by atoms with Crippen molar-refractivity contribution in [1.29, 1.82) is 0 Å². The van der Waals surface area contributed by atoms with Gasteiger partial charge in [-0.1, -0.05) is 12.1 Å². The highest BCUT2D eigenvalue weighted by molar-refractivity contribution is 5.98. The van der Waals surface area contributed by atoms with E-state index in [4.69, 9.17) is 5.73 Å². The average Bonchev–Trinajstić information content (AvgIpc) is 2.69. The number of hydrogen-bond acceptors (Lipinski definition) is 3. The molecule has 0 radical (unpaired) electrons.